The molecule has 0 bridgehead atoms. The number of benzene rings is 1. The maximum absolute atomic E-state index is 14.0. The molecule has 0 radical (unpaired) electrons. The molecule has 4 rings (SSSR count). The fraction of sp³-hybridized carbons (Fsp3) is 0.696. The van der Waals surface area contributed by atoms with E-state index in [4.69, 9.17) is 4.74 Å². The van der Waals surface area contributed by atoms with Gasteiger partial charge < -0.3 is 14.5 Å². The molecule has 4 nitrogen and oxygen atoms in total. The second kappa shape index (κ2) is 8.97. The summed E-state index contributed by atoms with van der Waals surface area (Å²) in [7, 11) is 0. The van der Waals surface area contributed by atoms with Crippen molar-refractivity contribution in [2.45, 2.75) is 39.5 Å². The van der Waals surface area contributed by atoms with Crippen LogP contribution in [0.2, 0.25) is 0 Å². The van der Waals surface area contributed by atoms with Crippen LogP contribution in [0.15, 0.2) is 21.1 Å². The molecule has 2 saturated heterocycles. The summed E-state index contributed by atoms with van der Waals surface area (Å²) in [6, 6.07) is 3.89. The van der Waals surface area contributed by atoms with Crippen molar-refractivity contribution in [2.75, 3.05) is 45.9 Å². The molecule has 0 aromatic heterocycles. The zero-order valence-corrected chi connectivity index (χ0v) is 20.7. The van der Waals surface area contributed by atoms with Crippen molar-refractivity contribution >= 4 is 37.6 Å². The second-order valence-electron chi connectivity index (χ2n) is 9.63. The number of hydrogen-bond donors (Lipinski definition) is 0. The van der Waals surface area contributed by atoms with Crippen LogP contribution in [0.5, 0.6) is 5.75 Å². The van der Waals surface area contributed by atoms with Gasteiger partial charge in [0.15, 0.2) is 5.78 Å². The third kappa shape index (κ3) is 4.76. The van der Waals surface area contributed by atoms with Crippen LogP contribution in [-0.4, -0.2) is 61.5 Å². The van der Waals surface area contributed by atoms with E-state index in [1.54, 1.807) is 0 Å². The molecular formula is C23H32Br2N2O2. The van der Waals surface area contributed by atoms with Crippen LogP contribution in [0.3, 0.4) is 0 Å². The summed E-state index contributed by atoms with van der Waals surface area (Å²) in [6.45, 7) is 11.1. The largest absolute Gasteiger partial charge is 0.490 e. The standard InChI is InChI=1S/C23H32Br2N2O2/c1-16-5-3-7-26(11-16)13-23(14-27-8-4-6-17(2)12-27)15-29-21-19(22(23)28)9-18(24)10-20(21)25/h9-10,16-17H,3-8,11-15H2,1-2H3/t16-,17-/m1/s1. The van der Waals surface area contributed by atoms with Crippen molar-refractivity contribution in [3.8, 4) is 5.75 Å². The SMILES string of the molecule is C[C@@H]1CCCN(CC2(CN3CCC[C@@H](C)C3)COc3c(Br)cc(Br)cc3C2=O)C1. The van der Waals surface area contributed by atoms with E-state index in [1.165, 1.54) is 25.7 Å². The number of piperidine rings is 2. The van der Waals surface area contributed by atoms with Crippen molar-refractivity contribution in [2.24, 2.45) is 17.3 Å². The Bertz CT molecular complexity index is 745. The van der Waals surface area contributed by atoms with Gasteiger partial charge in [-0.1, -0.05) is 29.8 Å². The Hall–Kier alpha value is -0.430. The molecule has 3 heterocycles. The lowest BCUT2D eigenvalue weighted by molar-refractivity contribution is 0.0162. The number of halogens is 2. The highest BCUT2D eigenvalue weighted by Gasteiger charge is 2.47. The van der Waals surface area contributed by atoms with Crippen molar-refractivity contribution in [1.82, 2.24) is 9.80 Å². The van der Waals surface area contributed by atoms with Gasteiger partial charge in [0.1, 0.15) is 12.4 Å². The molecule has 0 unspecified atom stereocenters. The summed E-state index contributed by atoms with van der Waals surface area (Å²) in [5.41, 5.74) is 0.217. The van der Waals surface area contributed by atoms with E-state index in [0.29, 0.717) is 29.8 Å². The Kier molecular flexibility index (Phi) is 6.74. The Labute approximate surface area is 191 Å². The Balaban J connectivity index is 1.65. The van der Waals surface area contributed by atoms with E-state index in [-0.39, 0.29) is 5.78 Å². The van der Waals surface area contributed by atoms with Crippen LogP contribution in [0.1, 0.15) is 49.9 Å². The number of likely N-dealkylation sites (tertiary alicyclic amines) is 2. The monoisotopic (exact) mass is 526 g/mol. The highest BCUT2D eigenvalue weighted by Crippen LogP contribution is 2.42. The summed E-state index contributed by atoms with van der Waals surface area (Å²) in [5, 5.41) is 0. The Morgan fingerprint density at radius 2 is 1.62 bits per heavy atom. The zero-order valence-electron chi connectivity index (χ0n) is 17.6. The molecule has 6 heteroatoms. The lowest BCUT2D eigenvalue weighted by Gasteiger charge is -2.45. The van der Waals surface area contributed by atoms with Gasteiger partial charge in [-0.2, -0.15) is 0 Å². The van der Waals surface area contributed by atoms with Crippen molar-refractivity contribution in [1.29, 1.82) is 0 Å². The van der Waals surface area contributed by atoms with Gasteiger partial charge in [-0.3, -0.25) is 4.79 Å². The molecule has 3 aliphatic rings. The molecule has 29 heavy (non-hydrogen) atoms. The highest BCUT2D eigenvalue weighted by atomic mass is 79.9. The molecule has 1 aromatic rings. The summed E-state index contributed by atoms with van der Waals surface area (Å²) < 4.78 is 8.05. The first-order chi connectivity index (χ1) is 13.9. The van der Waals surface area contributed by atoms with Crippen molar-refractivity contribution in [3.05, 3.63) is 26.6 Å². The molecule has 2 atom stereocenters. The van der Waals surface area contributed by atoms with Crippen LogP contribution in [0, 0.1) is 17.3 Å². The number of rotatable bonds is 4. The summed E-state index contributed by atoms with van der Waals surface area (Å²) >= 11 is 7.14. The number of Topliss-reactive ketones (excluding diaryl/α,β-unsaturated/α-hetero) is 1. The lowest BCUT2D eigenvalue weighted by Crippen LogP contribution is -2.57. The van der Waals surface area contributed by atoms with Gasteiger partial charge in [0.05, 0.1) is 15.5 Å². The minimum atomic E-state index is -0.499. The average Bonchev–Trinajstić information content (AvgIpc) is 2.65. The molecular weight excluding hydrogens is 496 g/mol. The number of fused-ring (bicyclic) bond motifs is 1. The van der Waals surface area contributed by atoms with E-state index in [1.807, 2.05) is 12.1 Å². The third-order valence-electron chi connectivity index (χ3n) is 6.76. The lowest BCUT2D eigenvalue weighted by atomic mass is 9.76. The second-order valence-corrected chi connectivity index (χ2v) is 11.4. The van der Waals surface area contributed by atoms with Crippen LogP contribution in [-0.2, 0) is 0 Å². The molecule has 0 amide bonds. The van der Waals surface area contributed by atoms with E-state index in [2.05, 4.69) is 55.5 Å². The number of hydrogen-bond acceptors (Lipinski definition) is 4. The van der Waals surface area contributed by atoms with Gasteiger partial charge >= 0.3 is 0 Å². The molecule has 2 fully saturated rings. The molecule has 0 saturated carbocycles. The average molecular weight is 528 g/mol. The maximum atomic E-state index is 14.0. The number of nitrogens with zero attached hydrogens (tertiary/aromatic N) is 2. The van der Waals surface area contributed by atoms with E-state index in [0.717, 1.165) is 48.2 Å². The van der Waals surface area contributed by atoms with Gasteiger partial charge in [-0.15, -0.1) is 0 Å². The number of carbonyl (C=O) groups is 1. The first kappa shape index (κ1) is 21.8. The molecule has 0 N–H and O–H groups in total. The van der Waals surface area contributed by atoms with Crippen LogP contribution < -0.4 is 4.74 Å². The summed E-state index contributed by atoms with van der Waals surface area (Å²) in [4.78, 5) is 19.0. The molecule has 160 valence electrons. The van der Waals surface area contributed by atoms with Crippen molar-refractivity contribution < 1.29 is 9.53 Å². The highest BCUT2D eigenvalue weighted by molar-refractivity contribution is 9.11. The predicted molar refractivity (Wildman–Crippen MR) is 124 cm³/mol. The zero-order chi connectivity index (χ0) is 20.6. The smallest absolute Gasteiger partial charge is 0.178 e. The topological polar surface area (TPSA) is 32.8 Å². The molecule has 0 aliphatic carbocycles. The predicted octanol–water partition coefficient (Wildman–Crippen LogP) is 5.24. The fourth-order valence-corrected chi connectivity index (χ4v) is 6.78. The number of carbonyl (C=O) groups excluding carboxylic acids is 1. The number of ketones is 1. The van der Waals surface area contributed by atoms with Gasteiger partial charge in [-0.05, 0) is 78.7 Å². The first-order valence-corrected chi connectivity index (χ1v) is 12.6. The first-order valence-electron chi connectivity index (χ1n) is 11.0. The quantitative estimate of drug-likeness (QED) is 0.536. The maximum Gasteiger partial charge on any atom is 0.178 e. The van der Waals surface area contributed by atoms with Gasteiger partial charge in [0.2, 0.25) is 0 Å². The minimum Gasteiger partial charge on any atom is -0.490 e. The van der Waals surface area contributed by atoms with Gasteiger partial charge in [0.25, 0.3) is 0 Å². The third-order valence-corrected chi connectivity index (χ3v) is 7.81. The van der Waals surface area contributed by atoms with E-state index in [9.17, 15) is 4.79 Å². The molecule has 3 aliphatic heterocycles. The van der Waals surface area contributed by atoms with Crippen LogP contribution in [0.4, 0.5) is 0 Å². The van der Waals surface area contributed by atoms with Crippen LogP contribution >= 0.6 is 31.9 Å². The summed E-state index contributed by atoms with van der Waals surface area (Å²) in [5.74, 6) is 2.35. The molecule has 1 aromatic carbocycles. The summed E-state index contributed by atoms with van der Waals surface area (Å²) in [6.07, 6.45) is 5.03. The van der Waals surface area contributed by atoms with Gasteiger partial charge in [0, 0.05) is 30.7 Å². The molecule has 0 spiro atoms. The fourth-order valence-electron chi connectivity index (χ4n) is 5.44. The van der Waals surface area contributed by atoms with Crippen molar-refractivity contribution in [3.63, 3.8) is 0 Å². The van der Waals surface area contributed by atoms with Crippen LogP contribution in [0.25, 0.3) is 0 Å². The van der Waals surface area contributed by atoms with E-state index < -0.39 is 5.41 Å². The number of ether oxygens (including phenoxy) is 1. The Morgan fingerprint density at radius 1 is 1.03 bits per heavy atom. The van der Waals surface area contributed by atoms with E-state index >= 15 is 0 Å². The van der Waals surface area contributed by atoms with Gasteiger partial charge in [-0.25, -0.2) is 0 Å². The normalized spacial score (nSPS) is 28.1. The minimum absolute atomic E-state index is 0.247. The Morgan fingerprint density at radius 3 is 2.17 bits per heavy atom.